The lowest BCUT2D eigenvalue weighted by atomic mass is 10.1. The minimum absolute atomic E-state index is 0.258. The third-order valence-corrected chi connectivity index (χ3v) is 3.73. The van der Waals surface area contributed by atoms with Crippen molar-refractivity contribution in [1.29, 1.82) is 0 Å². The average molecular weight is 239 g/mol. The highest BCUT2D eigenvalue weighted by atomic mass is 16.2. The van der Waals surface area contributed by atoms with E-state index in [1.165, 1.54) is 38.5 Å². The smallest absolute Gasteiger partial charge is 0.251 e. The zero-order valence-corrected chi connectivity index (χ0v) is 11.0. The molecule has 2 aliphatic heterocycles. The summed E-state index contributed by atoms with van der Waals surface area (Å²) in [6.07, 6.45) is 8.12. The van der Waals surface area contributed by atoms with E-state index >= 15 is 0 Å². The quantitative estimate of drug-likeness (QED) is 0.754. The van der Waals surface area contributed by atoms with Crippen molar-refractivity contribution >= 4 is 5.91 Å². The molecule has 0 N–H and O–H groups in total. The Morgan fingerprint density at radius 2 is 1.29 bits per heavy atom. The number of amides is 1. The summed E-state index contributed by atoms with van der Waals surface area (Å²) >= 11 is 0. The standard InChI is InChI=1S/C13H25N3O/c1-2-13(17)16(14-9-5-3-6-10-14)15-11-7-4-8-12-15/h2-12H2,1H3. The molecule has 0 saturated carbocycles. The van der Waals surface area contributed by atoms with Gasteiger partial charge in [0.15, 0.2) is 0 Å². The van der Waals surface area contributed by atoms with E-state index in [-0.39, 0.29) is 5.91 Å². The summed E-state index contributed by atoms with van der Waals surface area (Å²) in [5.74, 6) is 0.258. The summed E-state index contributed by atoms with van der Waals surface area (Å²) < 4.78 is 0. The van der Waals surface area contributed by atoms with E-state index in [2.05, 4.69) is 10.0 Å². The highest BCUT2D eigenvalue weighted by Crippen LogP contribution is 2.18. The minimum atomic E-state index is 0.258. The van der Waals surface area contributed by atoms with Crippen molar-refractivity contribution in [3.63, 3.8) is 0 Å². The second kappa shape index (κ2) is 6.36. The van der Waals surface area contributed by atoms with Gasteiger partial charge in [-0.05, 0) is 25.7 Å². The molecule has 4 nitrogen and oxygen atoms in total. The fourth-order valence-corrected chi connectivity index (χ4v) is 2.77. The first-order valence-electron chi connectivity index (χ1n) is 7.15. The summed E-state index contributed by atoms with van der Waals surface area (Å²) in [6, 6.07) is 0. The average Bonchev–Trinajstić information content (AvgIpc) is 2.41. The van der Waals surface area contributed by atoms with Crippen LogP contribution in [0.1, 0.15) is 51.9 Å². The van der Waals surface area contributed by atoms with Crippen LogP contribution in [0, 0.1) is 0 Å². The Hall–Kier alpha value is -0.610. The number of hydrogen-bond acceptors (Lipinski definition) is 3. The molecule has 17 heavy (non-hydrogen) atoms. The van der Waals surface area contributed by atoms with Gasteiger partial charge in [-0.3, -0.25) is 4.79 Å². The van der Waals surface area contributed by atoms with Gasteiger partial charge in [0.05, 0.1) is 0 Å². The molecular weight excluding hydrogens is 214 g/mol. The number of rotatable bonds is 3. The summed E-state index contributed by atoms with van der Waals surface area (Å²) in [4.78, 5) is 12.2. The van der Waals surface area contributed by atoms with Crippen molar-refractivity contribution < 1.29 is 4.79 Å². The molecule has 2 rings (SSSR count). The molecule has 0 aromatic rings. The maximum atomic E-state index is 12.2. The largest absolute Gasteiger partial charge is 0.272 e. The summed E-state index contributed by atoms with van der Waals surface area (Å²) in [5, 5.41) is 6.50. The molecule has 0 aliphatic carbocycles. The summed E-state index contributed by atoms with van der Waals surface area (Å²) in [5.41, 5.74) is 0. The van der Waals surface area contributed by atoms with E-state index < -0.39 is 0 Å². The van der Waals surface area contributed by atoms with Crippen molar-refractivity contribution in [2.75, 3.05) is 26.2 Å². The van der Waals surface area contributed by atoms with Gasteiger partial charge in [0.2, 0.25) is 0 Å². The van der Waals surface area contributed by atoms with E-state index in [1.54, 1.807) is 0 Å². The fraction of sp³-hybridized carbons (Fsp3) is 0.923. The van der Waals surface area contributed by atoms with Gasteiger partial charge in [0, 0.05) is 32.6 Å². The number of carbonyl (C=O) groups is 1. The van der Waals surface area contributed by atoms with Crippen LogP contribution < -0.4 is 0 Å². The van der Waals surface area contributed by atoms with Crippen LogP contribution in [0.4, 0.5) is 0 Å². The number of carbonyl (C=O) groups excluding carboxylic acids is 1. The SMILES string of the molecule is CCC(=O)N(N1CCCCC1)N1CCCCC1. The molecule has 0 atom stereocenters. The van der Waals surface area contributed by atoms with Crippen LogP contribution >= 0.6 is 0 Å². The first kappa shape index (κ1) is 12.8. The zero-order valence-electron chi connectivity index (χ0n) is 11.0. The van der Waals surface area contributed by atoms with Crippen LogP contribution in [0.15, 0.2) is 0 Å². The molecule has 0 aromatic heterocycles. The first-order chi connectivity index (χ1) is 8.33. The third-order valence-electron chi connectivity index (χ3n) is 3.73. The minimum Gasteiger partial charge on any atom is -0.272 e. The molecule has 2 heterocycles. The highest BCUT2D eigenvalue weighted by molar-refractivity contribution is 5.74. The van der Waals surface area contributed by atoms with Gasteiger partial charge in [0.25, 0.3) is 5.91 Å². The molecule has 0 unspecified atom stereocenters. The van der Waals surface area contributed by atoms with Crippen LogP contribution in [0.25, 0.3) is 0 Å². The van der Waals surface area contributed by atoms with Crippen molar-refractivity contribution in [1.82, 2.24) is 15.1 Å². The molecule has 2 fully saturated rings. The van der Waals surface area contributed by atoms with Crippen LogP contribution in [-0.2, 0) is 4.79 Å². The number of nitrogens with zero attached hydrogens (tertiary/aromatic N) is 3. The second-order valence-electron chi connectivity index (χ2n) is 5.07. The Morgan fingerprint density at radius 1 is 0.882 bits per heavy atom. The predicted octanol–water partition coefficient (Wildman–Crippen LogP) is 2.03. The summed E-state index contributed by atoms with van der Waals surface area (Å²) in [7, 11) is 0. The molecular formula is C13H25N3O. The Kier molecular flexibility index (Phi) is 4.80. The Morgan fingerprint density at radius 3 is 1.65 bits per heavy atom. The van der Waals surface area contributed by atoms with E-state index in [0.717, 1.165) is 26.2 Å². The van der Waals surface area contributed by atoms with Crippen LogP contribution in [0.5, 0.6) is 0 Å². The Bertz CT molecular complexity index is 227. The van der Waals surface area contributed by atoms with E-state index in [9.17, 15) is 4.79 Å². The van der Waals surface area contributed by atoms with Crippen LogP contribution in [-0.4, -0.2) is 47.2 Å². The molecule has 2 saturated heterocycles. The Labute approximate surface area is 104 Å². The number of hydrogen-bond donors (Lipinski definition) is 0. The maximum Gasteiger partial charge on any atom is 0.251 e. The lowest BCUT2D eigenvalue weighted by Gasteiger charge is -2.44. The molecule has 0 spiro atoms. The highest BCUT2D eigenvalue weighted by Gasteiger charge is 2.28. The van der Waals surface area contributed by atoms with Gasteiger partial charge in [-0.2, -0.15) is 0 Å². The van der Waals surface area contributed by atoms with E-state index in [1.807, 2.05) is 12.0 Å². The van der Waals surface area contributed by atoms with Crippen LogP contribution in [0.3, 0.4) is 0 Å². The fourth-order valence-electron chi connectivity index (χ4n) is 2.77. The molecule has 0 radical (unpaired) electrons. The Balaban J connectivity index is 2.02. The zero-order chi connectivity index (χ0) is 12.1. The topological polar surface area (TPSA) is 26.8 Å². The van der Waals surface area contributed by atoms with Crippen molar-refractivity contribution in [2.24, 2.45) is 0 Å². The molecule has 98 valence electrons. The van der Waals surface area contributed by atoms with Gasteiger partial charge in [-0.25, -0.2) is 15.1 Å². The van der Waals surface area contributed by atoms with Gasteiger partial charge in [-0.15, -0.1) is 0 Å². The van der Waals surface area contributed by atoms with Crippen LogP contribution in [0.2, 0.25) is 0 Å². The van der Waals surface area contributed by atoms with E-state index in [4.69, 9.17) is 0 Å². The lowest BCUT2D eigenvalue weighted by molar-refractivity contribution is -0.206. The third kappa shape index (κ3) is 3.19. The predicted molar refractivity (Wildman–Crippen MR) is 68.0 cm³/mol. The maximum absolute atomic E-state index is 12.2. The normalized spacial score (nSPS) is 23.6. The first-order valence-corrected chi connectivity index (χ1v) is 7.15. The van der Waals surface area contributed by atoms with Gasteiger partial charge in [0.1, 0.15) is 0 Å². The monoisotopic (exact) mass is 239 g/mol. The van der Waals surface area contributed by atoms with Gasteiger partial charge >= 0.3 is 0 Å². The van der Waals surface area contributed by atoms with E-state index in [0.29, 0.717) is 6.42 Å². The van der Waals surface area contributed by atoms with Crippen molar-refractivity contribution in [2.45, 2.75) is 51.9 Å². The molecule has 0 aromatic carbocycles. The van der Waals surface area contributed by atoms with Crippen molar-refractivity contribution in [3.05, 3.63) is 0 Å². The lowest BCUT2D eigenvalue weighted by Crippen LogP contribution is -2.58. The van der Waals surface area contributed by atoms with Gasteiger partial charge in [-0.1, -0.05) is 19.8 Å². The van der Waals surface area contributed by atoms with Crippen molar-refractivity contribution in [3.8, 4) is 0 Å². The molecule has 0 bridgehead atoms. The summed E-state index contributed by atoms with van der Waals surface area (Å²) in [6.45, 7) is 6.14. The van der Waals surface area contributed by atoms with Gasteiger partial charge < -0.3 is 0 Å². The second-order valence-corrected chi connectivity index (χ2v) is 5.07. The molecule has 2 aliphatic rings. The molecule has 1 amide bonds. The number of hydrazine groups is 2. The molecule has 4 heteroatoms. The number of piperidine rings is 2.